The van der Waals surface area contributed by atoms with Gasteiger partial charge >= 0.3 is 0 Å². The van der Waals surface area contributed by atoms with E-state index in [-0.39, 0.29) is 5.91 Å². The lowest BCUT2D eigenvalue weighted by Crippen LogP contribution is -2.28. The average Bonchev–Trinajstić information content (AvgIpc) is 3.24. The summed E-state index contributed by atoms with van der Waals surface area (Å²) in [6.07, 6.45) is 2.73. The normalized spacial score (nSPS) is 18.2. The number of carbonyl (C=O) groups excluding carboxylic acids is 1. The quantitative estimate of drug-likeness (QED) is 0.790. The number of furan rings is 1. The van der Waals surface area contributed by atoms with E-state index in [9.17, 15) is 4.79 Å². The maximum atomic E-state index is 12.7. The number of nitrogens with zero attached hydrogens (tertiary/aromatic N) is 2. The number of carbonyl (C=O) groups is 1. The molecule has 1 saturated heterocycles. The Balaban J connectivity index is 1.55. The van der Waals surface area contributed by atoms with Gasteiger partial charge in [-0.25, -0.2) is 0 Å². The first-order valence-electron chi connectivity index (χ1n) is 7.49. The van der Waals surface area contributed by atoms with Gasteiger partial charge in [-0.05, 0) is 43.7 Å². The van der Waals surface area contributed by atoms with E-state index in [4.69, 9.17) is 4.42 Å². The second-order valence-corrected chi connectivity index (χ2v) is 5.86. The summed E-state index contributed by atoms with van der Waals surface area (Å²) in [6, 6.07) is 9.58. The van der Waals surface area contributed by atoms with Crippen LogP contribution in [0.1, 0.15) is 34.2 Å². The highest BCUT2D eigenvalue weighted by atomic mass is 16.3. The molecule has 1 amide bonds. The molecule has 3 heterocycles. The highest BCUT2D eigenvalue weighted by molar-refractivity contribution is 5.98. The molecular formula is C17H17N3O2. The number of likely N-dealkylation sites (tertiary alicyclic amines) is 1. The molecule has 0 radical (unpaired) electrons. The minimum Gasteiger partial charge on any atom is -0.461 e. The lowest BCUT2D eigenvalue weighted by Gasteiger charge is -2.16. The van der Waals surface area contributed by atoms with Crippen molar-refractivity contribution in [2.24, 2.45) is 0 Å². The van der Waals surface area contributed by atoms with Crippen LogP contribution in [0.3, 0.4) is 0 Å². The Labute approximate surface area is 127 Å². The summed E-state index contributed by atoms with van der Waals surface area (Å²) in [7, 11) is 0. The van der Waals surface area contributed by atoms with Crippen molar-refractivity contribution in [2.45, 2.75) is 19.3 Å². The van der Waals surface area contributed by atoms with Crippen molar-refractivity contribution < 1.29 is 9.21 Å². The minimum atomic E-state index is 0.0859. The van der Waals surface area contributed by atoms with E-state index in [0.717, 1.165) is 47.5 Å². The van der Waals surface area contributed by atoms with Crippen molar-refractivity contribution in [3.63, 3.8) is 0 Å². The smallest absolute Gasteiger partial charge is 0.253 e. The highest BCUT2D eigenvalue weighted by Gasteiger charge is 2.28. The van der Waals surface area contributed by atoms with Crippen LogP contribution in [0, 0.1) is 6.92 Å². The molecule has 1 aromatic carbocycles. The van der Waals surface area contributed by atoms with Gasteiger partial charge in [-0.15, -0.1) is 0 Å². The fourth-order valence-electron chi connectivity index (χ4n) is 3.18. The maximum Gasteiger partial charge on any atom is 0.253 e. The first kappa shape index (κ1) is 13.1. The Morgan fingerprint density at radius 3 is 3.09 bits per heavy atom. The molecule has 2 aromatic heterocycles. The number of benzene rings is 1. The van der Waals surface area contributed by atoms with Gasteiger partial charge in [0.1, 0.15) is 11.3 Å². The lowest BCUT2D eigenvalue weighted by atomic mass is 10.1. The van der Waals surface area contributed by atoms with Crippen LogP contribution in [0.4, 0.5) is 0 Å². The monoisotopic (exact) mass is 295 g/mol. The Morgan fingerprint density at radius 2 is 2.27 bits per heavy atom. The zero-order valence-corrected chi connectivity index (χ0v) is 12.4. The summed E-state index contributed by atoms with van der Waals surface area (Å²) >= 11 is 0. The van der Waals surface area contributed by atoms with E-state index < -0.39 is 0 Å². The van der Waals surface area contributed by atoms with Gasteiger partial charge in [0.2, 0.25) is 0 Å². The molecule has 1 atom stereocenters. The van der Waals surface area contributed by atoms with Gasteiger partial charge in [-0.3, -0.25) is 9.89 Å². The summed E-state index contributed by atoms with van der Waals surface area (Å²) in [4.78, 5) is 14.6. The molecule has 4 rings (SSSR count). The van der Waals surface area contributed by atoms with Crippen LogP contribution in [-0.2, 0) is 0 Å². The molecule has 0 spiro atoms. The van der Waals surface area contributed by atoms with Gasteiger partial charge in [0.25, 0.3) is 5.91 Å². The van der Waals surface area contributed by atoms with Crippen LogP contribution in [-0.4, -0.2) is 34.1 Å². The summed E-state index contributed by atoms with van der Waals surface area (Å²) < 4.78 is 5.56. The molecule has 0 aliphatic carbocycles. The van der Waals surface area contributed by atoms with Gasteiger partial charge in [0.05, 0.1) is 0 Å². The number of fused-ring (bicyclic) bond motifs is 1. The fraction of sp³-hybridized carbons (Fsp3) is 0.294. The van der Waals surface area contributed by atoms with Crippen molar-refractivity contribution in [1.82, 2.24) is 15.1 Å². The van der Waals surface area contributed by atoms with Gasteiger partial charge in [0, 0.05) is 41.8 Å². The third-order valence-electron chi connectivity index (χ3n) is 4.32. The maximum absolute atomic E-state index is 12.7. The number of aromatic amines is 1. The average molecular weight is 295 g/mol. The van der Waals surface area contributed by atoms with Crippen LogP contribution in [0.2, 0.25) is 0 Å². The number of nitrogens with one attached hydrogen (secondary N) is 1. The molecule has 1 aliphatic rings. The van der Waals surface area contributed by atoms with Gasteiger partial charge < -0.3 is 9.32 Å². The van der Waals surface area contributed by atoms with Crippen LogP contribution in [0.25, 0.3) is 11.0 Å². The van der Waals surface area contributed by atoms with E-state index in [2.05, 4.69) is 10.2 Å². The van der Waals surface area contributed by atoms with Crippen molar-refractivity contribution in [3.8, 4) is 0 Å². The predicted octanol–water partition coefficient (Wildman–Crippen LogP) is 3.09. The Bertz CT molecular complexity index is 820. The zero-order chi connectivity index (χ0) is 15.1. The first-order chi connectivity index (χ1) is 10.7. The molecule has 0 saturated carbocycles. The van der Waals surface area contributed by atoms with Gasteiger partial charge in [0.15, 0.2) is 0 Å². The number of hydrogen-bond acceptors (Lipinski definition) is 3. The Morgan fingerprint density at radius 1 is 1.36 bits per heavy atom. The molecule has 5 heteroatoms. The molecule has 1 fully saturated rings. The number of H-pyrrole nitrogens is 1. The van der Waals surface area contributed by atoms with E-state index in [1.165, 1.54) is 0 Å². The second-order valence-electron chi connectivity index (χ2n) is 5.86. The summed E-state index contributed by atoms with van der Waals surface area (Å²) in [5.41, 5.74) is 2.65. The summed E-state index contributed by atoms with van der Waals surface area (Å²) in [5.74, 6) is 1.30. The number of aromatic nitrogens is 2. The summed E-state index contributed by atoms with van der Waals surface area (Å²) in [6.45, 7) is 3.44. The third-order valence-corrected chi connectivity index (χ3v) is 4.32. The number of rotatable bonds is 2. The zero-order valence-electron chi connectivity index (χ0n) is 12.4. The molecule has 112 valence electrons. The molecule has 0 unspecified atom stereocenters. The van der Waals surface area contributed by atoms with E-state index in [1.54, 1.807) is 6.20 Å². The predicted molar refractivity (Wildman–Crippen MR) is 82.8 cm³/mol. The van der Waals surface area contributed by atoms with Crippen LogP contribution < -0.4 is 0 Å². The second kappa shape index (κ2) is 5.02. The topological polar surface area (TPSA) is 62.1 Å². The molecule has 5 nitrogen and oxygen atoms in total. The van der Waals surface area contributed by atoms with E-state index >= 15 is 0 Å². The number of amides is 1. The van der Waals surface area contributed by atoms with Crippen molar-refractivity contribution in [2.75, 3.05) is 13.1 Å². The van der Waals surface area contributed by atoms with E-state index in [1.807, 2.05) is 42.2 Å². The standard InChI is InChI=1S/C17H17N3O2/c1-11-8-14-9-12(2-3-16(14)22-11)17(21)20-7-5-13(10-20)15-4-6-18-19-15/h2-4,6,8-9,13H,5,7,10H2,1H3,(H,18,19)/t13-/m1/s1. The van der Waals surface area contributed by atoms with Crippen molar-refractivity contribution in [1.29, 1.82) is 0 Å². The van der Waals surface area contributed by atoms with Crippen LogP contribution in [0.5, 0.6) is 0 Å². The lowest BCUT2D eigenvalue weighted by molar-refractivity contribution is 0.0791. The Hall–Kier alpha value is -2.56. The molecule has 1 aliphatic heterocycles. The van der Waals surface area contributed by atoms with Crippen LogP contribution in [0.15, 0.2) is 40.9 Å². The molecule has 3 aromatic rings. The van der Waals surface area contributed by atoms with Crippen molar-refractivity contribution >= 4 is 16.9 Å². The number of aryl methyl sites for hydroxylation is 1. The fourth-order valence-corrected chi connectivity index (χ4v) is 3.18. The minimum absolute atomic E-state index is 0.0859. The van der Waals surface area contributed by atoms with E-state index in [0.29, 0.717) is 5.92 Å². The number of hydrogen-bond donors (Lipinski definition) is 1. The largest absolute Gasteiger partial charge is 0.461 e. The highest BCUT2D eigenvalue weighted by Crippen LogP contribution is 2.27. The molecule has 1 N–H and O–H groups in total. The first-order valence-corrected chi connectivity index (χ1v) is 7.49. The molecular weight excluding hydrogens is 278 g/mol. The van der Waals surface area contributed by atoms with Gasteiger partial charge in [-0.1, -0.05) is 0 Å². The molecule has 22 heavy (non-hydrogen) atoms. The Kier molecular flexibility index (Phi) is 2.99. The molecule has 0 bridgehead atoms. The third kappa shape index (κ3) is 2.19. The van der Waals surface area contributed by atoms with Crippen molar-refractivity contribution in [3.05, 3.63) is 53.5 Å². The SMILES string of the molecule is Cc1cc2cc(C(=O)N3CC[C@@H](c4ccn[nH]4)C3)ccc2o1. The van der Waals surface area contributed by atoms with Crippen LogP contribution >= 0.6 is 0 Å². The summed E-state index contributed by atoms with van der Waals surface area (Å²) in [5, 5.41) is 7.98. The van der Waals surface area contributed by atoms with Gasteiger partial charge in [-0.2, -0.15) is 5.10 Å².